The molecule has 1 radical (unpaired) electrons. The van der Waals surface area contributed by atoms with Crippen molar-refractivity contribution in [3.63, 3.8) is 0 Å². The highest BCUT2D eigenvalue weighted by Gasteiger charge is 2.08. The lowest BCUT2D eigenvalue weighted by molar-refractivity contribution is 0.114. The van der Waals surface area contributed by atoms with Gasteiger partial charge in [0.25, 0.3) is 0 Å². The van der Waals surface area contributed by atoms with Crippen molar-refractivity contribution in [1.82, 2.24) is 5.32 Å². The molecule has 0 aliphatic carbocycles. The predicted octanol–water partition coefficient (Wildman–Crippen LogP) is 2.74. The third kappa shape index (κ3) is 13.8. The van der Waals surface area contributed by atoms with Crippen LogP contribution >= 0.6 is 0 Å². The summed E-state index contributed by atoms with van der Waals surface area (Å²) in [5, 5.41) is 13.0. The zero-order chi connectivity index (χ0) is 13.1. The van der Waals surface area contributed by atoms with E-state index in [-0.39, 0.29) is 6.10 Å². The largest absolute Gasteiger partial charge is 0.393 e. The average Bonchev–Trinajstić information content (AvgIpc) is 2.23. The van der Waals surface area contributed by atoms with E-state index in [2.05, 4.69) is 37.9 Å². The summed E-state index contributed by atoms with van der Waals surface area (Å²) >= 11 is 0. The molecule has 3 nitrogen and oxygen atoms in total. The molecular weight excluding hydrogens is 214 g/mol. The molecule has 3 heteroatoms. The smallest absolute Gasteiger partial charge is 0.0700 e. The molecule has 0 heterocycles. The predicted molar refractivity (Wildman–Crippen MR) is 72.7 cm³/mol. The molecule has 0 aliphatic rings. The summed E-state index contributed by atoms with van der Waals surface area (Å²) in [5.41, 5.74) is 0.365. The van der Waals surface area contributed by atoms with E-state index in [1.807, 2.05) is 0 Å². The second-order valence-corrected chi connectivity index (χ2v) is 5.94. The fraction of sp³-hybridized carbons (Fsp3) is 0.929. The Labute approximate surface area is 107 Å². The molecule has 0 saturated carbocycles. The van der Waals surface area contributed by atoms with Crippen molar-refractivity contribution < 1.29 is 9.84 Å². The maximum atomic E-state index is 9.57. The van der Waals surface area contributed by atoms with Gasteiger partial charge in [-0.3, -0.25) is 0 Å². The van der Waals surface area contributed by atoms with Crippen molar-refractivity contribution in [3.05, 3.63) is 7.11 Å². The SMILES string of the molecule is [CH2]OCC[C@@H](O)CCCCCNCC(C)(C)C. The highest BCUT2D eigenvalue weighted by atomic mass is 16.5. The zero-order valence-electron chi connectivity index (χ0n) is 11.8. The molecule has 2 N–H and O–H groups in total. The van der Waals surface area contributed by atoms with Gasteiger partial charge in [-0.2, -0.15) is 0 Å². The maximum absolute atomic E-state index is 9.57. The fourth-order valence-electron chi connectivity index (χ4n) is 1.63. The van der Waals surface area contributed by atoms with Gasteiger partial charge < -0.3 is 15.2 Å². The summed E-state index contributed by atoms with van der Waals surface area (Å²) < 4.78 is 4.68. The molecule has 103 valence electrons. The van der Waals surface area contributed by atoms with Gasteiger partial charge in [0.05, 0.1) is 13.2 Å². The summed E-state index contributed by atoms with van der Waals surface area (Å²) in [6, 6.07) is 0. The Morgan fingerprint density at radius 2 is 1.88 bits per heavy atom. The van der Waals surface area contributed by atoms with Gasteiger partial charge in [-0.1, -0.05) is 33.6 Å². The van der Waals surface area contributed by atoms with Crippen LogP contribution in [0.3, 0.4) is 0 Å². The molecular formula is C14H30NO2. The van der Waals surface area contributed by atoms with E-state index in [4.69, 9.17) is 0 Å². The third-order valence-electron chi connectivity index (χ3n) is 2.64. The number of nitrogens with one attached hydrogen (secondary N) is 1. The van der Waals surface area contributed by atoms with Crippen LogP contribution in [0, 0.1) is 12.5 Å². The summed E-state index contributed by atoms with van der Waals surface area (Å²) in [4.78, 5) is 0. The van der Waals surface area contributed by atoms with Gasteiger partial charge in [-0.05, 0) is 37.8 Å². The van der Waals surface area contributed by atoms with Crippen molar-refractivity contribution in [2.24, 2.45) is 5.41 Å². The molecule has 0 aromatic rings. The maximum Gasteiger partial charge on any atom is 0.0700 e. The van der Waals surface area contributed by atoms with Gasteiger partial charge in [0.1, 0.15) is 0 Å². The van der Waals surface area contributed by atoms with E-state index in [0.29, 0.717) is 18.4 Å². The first-order valence-corrected chi connectivity index (χ1v) is 6.71. The van der Waals surface area contributed by atoms with Crippen molar-refractivity contribution in [3.8, 4) is 0 Å². The molecule has 0 saturated heterocycles. The van der Waals surface area contributed by atoms with Crippen LogP contribution in [-0.2, 0) is 4.74 Å². The Morgan fingerprint density at radius 3 is 2.47 bits per heavy atom. The number of unbranched alkanes of at least 4 members (excludes halogenated alkanes) is 2. The molecule has 0 spiro atoms. The van der Waals surface area contributed by atoms with Crippen molar-refractivity contribution in [2.45, 2.75) is 59.0 Å². The normalized spacial score (nSPS) is 13.9. The number of hydrogen-bond acceptors (Lipinski definition) is 3. The van der Waals surface area contributed by atoms with Crippen LogP contribution in [0.2, 0.25) is 0 Å². The van der Waals surface area contributed by atoms with E-state index < -0.39 is 0 Å². The van der Waals surface area contributed by atoms with E-state index in [1.165, 1.54) is 12.8 Å². The van der Waals surface area contributed by atoms with Gasteiger partial charge in [0, 0.05) is 6.61 Å². The van der Waals surface area contributed by atoms with Gasteiger partial charge in [-0.15, -0.1) is 0 Å². The van der Waals surface area contributed by atoms with Crippen LogP contribution in [-0.4, -0.2) is 30.9 Å². The Bertz CT molecular complexity index is 166. The number of rotatable bonds is 10. The number of ether oxygens (including phenoxy) is 1. The van der Waals surface area contributed by atoms with Crippen molar-refractivity contribution in [2.75, 3.05) is 19.7 Å². The second-order valence-electron chi connectivity index (χ2n) is 5.94. The van der Waals surface area contributed by atoms with Gasteiger partial charge in [0.2, 0.25) is 0 Å². The van der Waals surface area contributed by atoms with E-state index in [1.54, 1.807) is 0 Å². The first-order valence-electron chi connectivity index (χ1n) is 6.71. The molecule has 0 aromatic carbocycles. The van der Waals surface area contributed by atoms with Crippen LogP contribution in [0.5, 0.6) is 0 Å². The lowest BCUT2D eigenvalue weighted by atomic mass is 9.97. The van der Waals surface area contributed by atoms with E-state index >= 15 is 0 Å². The van der Waals surface area contributed by atoms with Crippen LogP contribution in [0.15, 0.2) is 0 Å². The zero-order valence-corrected chi connectivity index (χ0v) is 11.8. The molecule has 0 amide bonds. The minimum atomic E-state index is -0.223. The monoisotopic (exact) mass is 244 g/mol. The first kappa shape index (κ1) is 16.9. The van der Waals surface area contributed by atoms with E-state index in [0.717, 1.165) is 25.9 Å². The molecule has 0 aliphatic heterocycles. The molecule has 0 fully saturated rings. The van der Waals surface area contributed by atoms with Crippen LogP contribution in [0.4, 0.5) is 0 Å². The Hall–Kier alpha value is -0.120. The molecule has 0 aromatic heterocycles. The fourth-order valence-corrected chi connectivity index (χ4v) is 1.63. The minimum Gasteiger partial charge on any atom is -0.393 e. The molecule has 1 atom stereocenters. The highest BCUT2D eigenvalue weighted by Crippen LogP contribution is 2.10. The summed E-state index contributed by atoms with van der Waals surface area (Å²) in [5.74, 6) is 0. The molecule has 0 bridgehead atoms. The summed E-state index contributed by atoms with van der Waals surface area (Å²) in [6.45, 7) is 9.41. The standard InChI is InChI=1S/C14H30NO2/c1-14(2,3)12-15-10-7-5-6-8-13(16)9-11-17-4/h13,15-16H,4-12H2,1-3H3/t13-/m0/s1. The van der Waals surface area contributed by atoms with Crippen LogP contribution in [0.25, 0.3) is 0 Å². The van der Waals surface area contributed by atoms with E-state index in [9.17, 15) is 5.11 Å². The van der Waals surface area contributed by atoms with Crippen LogP contribution in [0.1, 0.15) is 52.9 Å². The quantitative estimate of drug-likeness (QED) is 0.581. The van der Waals surface area contributed by atoms with Crippen LogP contribution < -0.4 is 5.32 Å². The average molecular weight is 244 g/mol. The van der Waals surface area contributed by atoms with Gasteiger partial charge in [0.15, 0.2) is 0 Å². The van der Waals surface area contributed by atoms with Gasteiger partial charge in [-0.25, -0.2) is 0 Å². The van der Waals surface area contributed by atoms with Crippen molar-refractivity contribution in [1.29, 1.82) is 0 Å². The molecule has 17 heavy (non-hydrogen) atoms. The Kier molecular flexibility index (Phi) is 9.79. The number of aliphatic hydroxyl groups is 1. The Morgan fingerprint density at radius 1 is 1.18 bits per heavy atom. The molecule has 0 rings (SSSR count). The molecule has 0 unspecified atom stereocenters. The number of hydrogen-bond donors (Lipinski definition) is 2. The lowest BCUT2D eigenvalue weighted by Gasteiger charge is -2.18. The minimum absolute atomic E-state index is 0.223. The van der Waals surface area contributed by atoms with Gasteiger partial charge >= 0.3 is 0 Å². The summed E-state index contributed by atoms with van der Waals surface area (Å²) in [6.07, 6.45) is 4.82. The number of aliphatic hydroxyl groups excluding tert-OH is 1. The lowest BCUT2D eigenvalue weighted by Crippen LogP contribution is -2.27. The third-order valence-corrected chi connectivity index (χ3v) is 2.64. The topological polar surface area (TPSA) is 41.5 Å². The highest BCUT2D eigenvalue weighted by molar-refractivity contribution is 4.64. The summed E-state index contributed by atoms with van der Waals surface area (Å²) in [7, 11) is 3.29. The first-order chi connectivity index (χ1) is 7.95. The van der Waals surface area contributed by atoms with Crippen molar-refractivity contribution >= 4 is 0 Å². The second kappa shape index (κ2) is 9.86. The Balaban J connectivity index is 3.18.